The summed E-state index contributed by atoms with van der Waals surface area (Å²) in [7, 11) is 0. The van der Waals surface area contributed by atoms with Gasteiger partial charge in [0, 0.05) is 12.1 Å². The van der Waals surface area contributed by atoms with E-state index in [0.29, 0.717) is 6.54 Å². The van der Waals surface area contributed by atoms with Crippen LogP contribution in [-0.2, 0) is 11.3 Å². The summed E-state index contributed by atoms with van der Waals surface area (Å²) in [6.07, 6.45) is 4.75. The molecule has 4 heteroatoms. The maximum Gasteiger partial charge on any atom is 0.168 e. The quantitative estimate of drug-likeness (QED) is 0.357. The Bertz CT molecular complexity index is 228. The summed E-state index contributed by atoms with van der Waals surface area (Å²) in [4.78, 5) is 10.2. The Hall–Kier alpha value is -0.220. The van der Waals surface area contributed by atoms with Gasteiger partial charge < -0.3 is 21.8 Å². The number of hydrogen-bond acceptors (Lipinski definition) is 1. The Morgan fingerprint density at radius 2 is 1.92 bits per heavy atom. The number of pyridine rings is 1. The monoisotopic (exact) mass is 293 g/mol. The van der Waals surface area contributed by atoms with Crippen molar-refractivity contribution in [1.82, 2.24) is 0 Å². The van der Waals surface area contributed by atoms with E-state index in [-0.39, 0.29) is 21.8 Å². The molecule has 1 atom stereocenters. The van der Waals surface area contributed by atoms with Crippen LogP contribution in [0.4, 0.5) is 0 Å². The Morgan fingerprint density at radius 3 is 2.42 bits per heavy atom. The summed E-state index contributed by atoms with van der Waals surface area (Å²) in [6.45, 7) is 0.685. The van der Waals surface area contributed by atoms with E-state index in [1.807, 2.05) is 35.2 Å². The number of carbonyl (C=O) groups excluding carboxylic acids is 1. The lowest BCUT2D eigenvalue weighted by Gasteiger charge is -1.95. The summed E-state index contributed by atoms with van der Waals surface area (Å²) in [5.74, 6) is 0. The molecular weight excluding hydrogens is 286 g/mol. The second-order valence-corrected chi connectivity index (χ2v) is 3.40. The maximum absolute atomic E-state index is 10.2. The van der Waals surface area contributed by atoms with Gasteiger partial charge in [-0.25, -0.2) is 4.57 Å². The molecule has 0 spiro atoms. The fourth-order valence-corrected chi connectivity index (χ4v) is 1.13. The number of alkyl halides is 1. The van der Waals surface area contributed by atoms with Crippen LogP contribution in [-0.4, -0.2) is 11.1 Å². The van der Waals surface area contributed by atoms with Crippen molar-refractivity contribution < 1.29 is 26.3 Å². The molecule has 1 aromatic rings. The van der Waals surface area contributed by atoms with Crippen LogP contribution in [0.25, 0.3) is 0 Å². The fraction of sp³-hybridized carbons (Fsp3) is 0.250. The van der Waals surface area contributed by atoms with Gasteiger partial charge in [-0.1, -0.05) is 22.0 Å². The molecule has 0 amide bonds. The van der Waals surface area contributed by atoms with Crippen molar-refractivity contribution in [3.8, 4) is 0 Å². The van der Waals surface area contributed by atoms with Gasteiger partial charge in [-0.15, -0.1) is 0 Å². The van der Waals surface area contributed by atoms with E-state index in [4.69, 9.17) is 0 Å². The molecule has 0 aromatic carbocycles. The molecule has 1 rings (SSSR count). The van der Waals surface area contributed by atoms with Crippen LogP contribution in [0.5, 0.6) is 0 Å². The minimum Gasteiger partial charge on any atom is -1.00 e. The van der Waals surface area contributed by atoms with Gasteiger partial charge in [-0.05, 0) is 0 Å². The summed E-state index contributed by atoms with van der Waals surface area (Å²) in [6, 6.07) is 5.82. The third-order valence-electron chi connectivity index (χ3n) is 1.31. The highest BCUT2D eigenvalue weighted by atomic mass is 79.9. The van der Waals surface area contributed by atoms with Gasteiger partial charge >= 0.3 is 0 Å². The van der Waals surface area contributed by atoms with Crippen molar-refractivity contribution in [3.63, 3.8) is 0 Å². The smallest absolute Gasteiger partial charge is 0.168 e. The first-order valence-corrected chi connectivity index (χ1v) is 4.28. The molecule has 0 N–H and O–H groups in total. The number of halogens is 2. The molecule has 0 fully saturated rings. The third kappa shape index (κ3) is 3.97. The minimum atomic E-state index is -0.0881. The molecule has 1 unspecified atom stereocenters. The zero-order valence-electron chi connectivity index (χ0n) is 6.36. The van der Waals surface area contributed by atoms with E-state index in [2.05, 4.69) is 15.9 Å². The van der Waals surface area contributed by atoms with Crippen molar-refractivity contribution >= 4 is 22.2 Å². The summed E-state index contributed by atoms with van der Waals surface area (Å²) in [5, 5.41) is 0. The summed E-state index contributed by atoms with van der Waals surface area (Å²) >= 11 is 3.22. The average molecular weight is 295 g/mol. The van der Waals surface area contributed by atoms with E-state index in [0.717, 1.165) is 6.29 Å². The van der Waals surface area contributed by atoms with Crippen LogP contribution in [0.2, 0.25) is 0 Å². The SMILES string of the molecule is O=CC(Br)C[n+]1ccccc1.[Br-]. The summed E-state index contributed by atoms with van der Waals surface area (Å²) < 4.78 is 1.95. The average Bonchev–Trinajstić information content (AvgIpc) is 2.06. The Balaban J connectivity index is 0.00000121. The molecule has 0 saturated heterocycles. The molecule has 0 saturated carbocycles. The molecule has 1 aromatic heterocycles. The van der Waals surface area contributed by atoms with Crippen LogP contribution < -0.4 is 21.5 Å². The van der Waals surface area contributed by atoms with Gasteiger partial charge in [0.1, 0.15) is 11.1 Å². The second kappa shape index (κ2) is 6.31. The third-order valence-corrected chi connectivity index (χ3v) is 1.82. The van der Waals surface area contributed by atoms with Crippen molar-refractivity contribution in [3.05, 3.63) is 30.6 Å². The molecule has 12 heavy (non-hydrogen) atoms. The van der Waals surface area contributed by atoms with Gasteiger partial charge in [0.05, 0.1) is 0 Å². The standard InChI is InChI=1S/C8H9BrNO.BrH/c9-8(7-11)6-10-4-2-1-3-5-10;/h1-5,7-8H,6H2;1H/q+1;/p-1. The maximum atomic E-state index is 10.2. The first-order valence-electron chi connectivity index (χ1n) is 3.36. The molecular formula is C8H9Br2NO. The number of rotatable bonds is 3. The van der Waals surface area contributed by atoms with E-state index in [9.17, 15) is 4.79 Å². The van der Waals surface area contributed by atoms with Gasteiger partial charge in [0.15, 0.2) is 18.9 Å². The number of nitrogens with zero attached hydrogens (tertiary/aromatic N) is 1. The lowest BCUT2D eigenvalue weighted by atomic mass is 10.4. The predicted molar refractivity (Wildman–Crippen MR) is 45.4 cm³/mol. The number of hydrogen-bond donors (Lipinski definition) is 0. The van der Waals surface area contributed by atoms with Crippen molar-refractivity contribution in [2.45, 2.75) is 11.4 Å². The zero-order valence-corrected chi connectivity index (χ0v) is 9.53. The van der Waals surface area contributed by atoms with Crippen LogP contribution in [0, 0.1) is 0 Å². The Labute approximate surface area is 90.5 Å². The van der Waals surface area contributed by atoms with Crippen LogP contribution in [0.3, 0.4) is 0 Å². The second-order valence-electron chi connectivity index (χ2n) is 2.22. The van der Waals surface area contributed by atoms with Crippen molar-refractivity contribution in [2.75, 3.05) is 0 Å². The largest absolute Gasteiger partial charge is 1.00 e. The van der Waals surface area contributed by atoms with Crippen LogP contribution in [0.1, 0.15) is 0 Å². The highest BCUT2D eigenvalue weighted by Gasteiger charge is 2.07. The molecule has 0 aliphatic heterocycles. The van der Waals surface area contributed by atoms with Gasteiger partial charge in [-0.3, -0.25) is 0 Å². The first-order chi connectivity index (χ1) is 5.33. The first kappa shape index (κ1) is 11.8. The van der Waals surface area contributed by atoms with E-state index < -0.39 is 0 Å². The van der Waals surface area contributed by atoms with Gasteiger partial charge in [0.2, 0.25) is 0 Å². The molecule has 0 radical (unpaired) electrons. The Kier molecular flexibility index (Phi) is 6.20. The lowest BCUT2D eigenvalue weighted by molar-refractivity contribution is -0.694. The molecule has 0 aliphatic rings. The minimum absolute atomic E-state index is 0. The number of aldehydes is 1. The van der Waals surface area contributed by atoms with Crippen LogP contribution >= 0.6 is 15.9 Å². The van der Waals surface area contributed by atoms with E-state index in [1.54, 1.807) is 0 Å². The highest BCUT2D eigenvalue weighted by molar-refractivity contribution is 9.09. The van der Waals surface area contributed by atoms with Gasteiger partial charge in [0.25, 0.3) is 0 Å². The molecule has 2 nitrogen and oxygen atoms in total. The zero-order chi connectivity index (χ0) is 8.10. The molecule has 0 bridgehead atoms. The highest BCUT2D eigenvalue weighted by Crippen LogP contribution is 1.93. The molecule has 1 heterocycles. The Morgan fingerprint density at radius 1 is 1.33 bits per heavy atom. The summed E-state index contributed by atoms with van der Waals surface area (Å²) in [5.41, 5.74) is 0. The topological polar surface area (TPSA) is 20.9 Å². The van der Waals surface area contributed by atoms with Crippen LogP contribution in [0.15, 0.2) is 30.6 Å². The van der Waals surface area contributed by atoms with Gasteiger partial charge in [-0.2, -0.15) is 0 Å². The fourth-order valence-electron chi connectivity index (χ4n) is 0.800. The number of carbonyl (C=O) groups is 1. The normalized spacial score (nSPS) is 11.4. The molecule has 66 valence electrons. The molecule has 0 aliphatic carbocycles. The van der Waals surface area contributed by atoms with E-state index in [1.165, 1.54) is 0 Å². The van der Waals surface area contributed by atoms with Crippen molar-refractivity contribution in [1.29, 1.82) is 0 Å². The van der Waals surface area contributed by atoms with E-state index >= 15 is 0 Å². The predicted octanol–water partition coefficient (Wildman–Crippen LogP) is -2.06. The number of aromatic nitrogens is 1. The lowest BCUT2D eigenvalue weighted by Crippen LogP contribution is -3.00. The van der Waals surface area contributed by atoms with Crippen molar-refractivity contribution in [2.24, 2.45) is 0 Å².